The maximum absolute atomic E-state index is 10.9. The number of fused-ring (bicyclic) bond motifs is 1. The fraction of sp³-hybridized carbons (Fsp3) is 0.0833. The average molecular weight is 355 g/mol. The Morgan fingerprint density at radius 1 is 1.45 bits per heavy atom. The van der Waals surface area contributed by atoms with E-state index in [0.717, 1.165) is 27.9 Å². The molecule has 0 saturated carbocycles. The first-order valence-corrected chi connectivity index (χ1v) is 6.42. The van der Waals surface area contributed by atoms with Gasteiger partial charge in [0.2, 0.25) is 0 Å². The van der Waals surface area contributed by atoms with Crippen LogP contribution >= 0.6 is 28.3 Å². The standard InChI is InChI=1S/C12H10N4O2S.BrH/c1-6-11(10-5-19-12(13)15-10)8-4-7(16(17)18)2-3-9(8)14-6;/h2-5,14H,1H3,(H2,13,15);1H. The fourth-order valence-electron chi connectivity index (χ4n) is 2.16. The molecule has 0 amide bonds. The molecule has 3 rings (SSSR count). The summed E-state index contributed by atoms with van der Waals surface area (Å²) in [4.78, 5) is 17.9. The first-order chi connectivity index (χ1) is 9.06. The van der Waals surface area contributed by atoms with Crippen molar-refractivity contribution in [2.75, 3.05) is 5.73 Å². The molecule has 0 fully saturated rings. The van der Waals surface area contributed by atoms with Crippen LogP contribution in [0.1, 0.15) is 5.69 Å². The minimum Gasteiger partial charge on any atom is -0.375 e. The number of halogens is 1. The molecule has 2 heterocycles. The Balaban J connectivity index is 0.00000147. The Hall–Kier alpha value is -1.93. The van der Waals surface area contributed by atoms with Crippen molar-refractivity contribution in [2.45, 2.75) is 6.92 Å². The molecule has 2 aromatic heterocycles. The summed E-state index contributed by atoms with van der Waals surface area (Å²) in [5.41, 5.74) is 9.09. The second kappa shape index (κ2) is 5.22. The lowest BCUT2D eigenvalue weighted by Crippen LogP contribution is -1.87. The van der Waals surface area contributed by atoms with Crippen molar-refractivity contribution in [1.82, 2.24) is 9.97 Å². The van der Waals surface area contributed by atoms with Crippen molar-refractivity contribution < 1.29 is 4.92 Å². The van der Waals surface area contributed by atoms with Crippen LogP contribution in [0.4, 0.5) is 10.8 Å². The van der Waals surface area contributed by atoms with Crippen LogP contribution in [0.5, 0.6) is 0 Å². The van der Waals surface area contributed by atoms with Crippen LogP contribution in [0.2, 0.25) is 0 Å². The number of benzene rings is 1. The van der Waals surface area contributed by atoms with Crippen LogP contribution in [0.25, 0.3) is 22.2 Å². The largest absolute Gasteiger partial charge is 0.375 e. The van der Waals surface area contributed by atoms with Crippen LogP contribution in [-0.4, -0.2) is 14.9 Å². The topological polar surface area (TPSA) is 97.8 Å². The van der Waals surface area contributed by atoms with Gasteiger partial charge in [0.1, 0.15) is 0 Å². The number of nitro groups is 1. The molecular formula is C12H11BrN4O2S. The maximum atomic E-state index is 10.9. The maximum Gasteiger partial charge on any atom is 0.270 e. The van der Waals surface area contributed by atoms with Crippen LogP contribution in [-0.2, 0) is 0 Å². The second-order valence-electron chi connectivity index (χ2n) is 4.18. The summed E-state index contributed by atoms with van der Waals surface area (Å²) in [6, 6.07) is 4.75. The predicted molar refractivity (Wildman–Crippen MR) is 85.5 cm³/mol. The minimum absolute atomic E-state index is 0. The lowest BCUT2D eigenvalue weighted by Gasteiger charge is -1.97. The van der Waals surface area contributed by atoms with Crippen molar-refractivity contribution in [3.63, 3.8) is 0 Å². The molecule has 1 aromatic carbocycles. The number of aromatic nitrogens is 2. The number of thiazole rings is 1. The molecular weight excluding hydrogens is 344 g/mol. The molecule has 3 N–H and O–H groups in total. The summed E-state index contributed by atoms with van der Waals surface area (Å²) in [7, 11) is 0. The summed E-state index contributed by atoms with van der Waals surface area (Å²) in [5, 5.41) is 14.0. The molecule has 0 bridgehead atoms. The van der Waals surface area contributed by atoms with Gasteiger partial charge >= 0.3 is 0 Å². The number of hydrogen-bond donors (Lipinski definition) is 2. The lowest BCUT2D eigenvalue weighted by molar-refractivity contribution is -0.384. The molecule has 0 saturated heterocycles. The van der Waals surface area contributed by atoms with Gasteiger partial charge in [0.25, 0.3) is 5.69 Å². The first kappa shape index (κ1) is 14.5. The van der Waals surface area contributed by atoms with Gasteiger partial charge in [-0.3, -0.25) is 10.1 Å². The highest BCUT2D eigenvalue weighted by Crippen LogP contribution is 2.34. The van der Waals surface area contributed by atoms with Crippen molar-refractivity contribution in [2.24, 2.45) is 0 Å². The summed E-state index contributed by atoms with van der Waals surface area (Å²) in [5.74, 6) is 0. The SMILES string of the molecule is Br.Cc1[nH]c2ccc([N+](=O)[O-])cc2c1-c1csc(N)n1. The number of aromatic amines is 1. The Morgan fingerprint density at radius 2 is 2.20 bits per heavy atom. The quantitative estimate of drug-likeness (QED) is 0.541. The minimum atomic E-state index is -0.402. The number of nitrogens with one attached hydrogen (secondary N) is 1. The zero-order valence-electron chi connectivity index (χ0n) is 10.4. The second-order valence-corrected chi connectivity index (χ2v) is 5.07. The van der Waals surface area contributed by atoms with E-state index < -0.39 is 4.92 Å². The van der Waals surface area contributed by atoms with Crippen LogP contribution in [0.15, 0.2) is 23.6 Å². The number of hydrogen-bond acceptors (Lipinski definition) is 5. The monoisotopic (exact) mass is 354 g/mol. The van der Waals surface area contributed by atoms with Crippen LogP contribution < -0.4 is 5.73 Å². The smallest absolute Gasteiger partial charge is 0.270 e. The molecule has 20 heavy (non-hydrogen) atoms. The Bertz CT molecular complexity index is 796. The van der Waals surface area contributed by atoms with E-state index in [2.05, 4.69) is 9.97 Å². The van der Waals surface area contributed by atoms with Gasteiger partial charge in [-0.1, -0.05) is 0 Å². The van der Waals surface area contributed by atoms with Gasteiger partial charge in [0.15, 0.2) is 5.13 Å². The molecule has 8 heteroatoms. The third-order valence-corrected chi connectivity index (χ3v) is 3.63. The van der Waals surface area contributed by atoms with Gasteiger partial charge in [-0.25, -0.2) is 4.98 Å². The molecule has 0 aliphatic heterocycles. The van der Waals surface area contributed by atoms with Gasteiger partial charge in [-0.2, -0.15) is 0 Å². The van der Waals surface area contributed by atoms with Crippen molar-refractivity contribution in [3.05, 3.63) is 39.4 Å². The predicted octanol–water partition coefficient (Wildman–Crippen LogP) is 3.67. The van der Waals surface area contributed by atoms with E-state index in [-0.39, 0.29) is 22.7 Å². The van der Waals surface area contributed by atoms with Crippen LogP contribution in [0.3, 0.4) is 0 Å². The van der Waals surface area contributed by atoms with Crippen LogP contribution in [0, 0.1) is 17.0 Å². The van der Waals surface area contributed by atoms with Gasteiger partial charge < -0.3 is 10.7 Å². The molecule has 3 aromatic rings. The summed E-state index contributed by atoms with van der Waals surface area (Å²) in [6.07, 6.45) is 0. The number of anilines is 1. The highest BCUT2D eigenvalue weighted by atomic mass is 79.9. The average Bonchev–Trinajstić information content (AvgIpc) is 2.90. The number of non-ortho nitro benzene ring substituents is 1. The van der Waals surface area contributed by atoms with Gasteiger partial charge in [0.05, 0.1) is 10.6 Å². The molecule has 0 atom stereocenters. The number of nitro benzene ring substituents is 1. The number of nitrogens with zero attached hydrogens (tertiary/aromatic N) is 2. The molecule has 0 aliphatic rings. The van der Waals surface area contributed by atoms with E-state index in [4.69, 9.17) is 5.73 Å². The van der Waals surface area contributed by atoms with Gasteiger partial charge in [-0.15, -0.1) is 28.3 Å². The molecule has 6 nitrogen and oxygen atoms in total. The van der Waals surface area contributed by atoms with Gasteiger partial charge in [0, 0.05) is 39.7 Å². The Labute approximate surface area is 128 Å². The van der Waals surface area contributed by atoms with Crippen molar-refractivity contribution >= 4 is 50.0 Å². The highest BCUT2D eigenvalue weighted by Gasteiger charge is 2.16. The van der Waals surface area contributed by atoms with E-state index in [9.17, 15) is 10.1 Å². The van der Waals surface area contributed by atoms with Crippen molar-refractivity contribution in [3.8, 4) is 11.3 Å². The fourth-order valence-corrected chi connectivity index (χ4v) is 2.71. The van der Waals surface area contributed by atoms with Gasteiger partial charge in [-0.05, 0) is 13.0 Å². The molecule has 0 unspecified atom stereocenters. The number of aryl methyl sites for hydroxylation is 1. The summed E-state index contributed by atoms with van der Waals surface area (Å²) >= 11 is 1.35. The Kier molecular flexibility index (Phi) is 3.78. The third kappa shape index (κ3) is 2.27. The zero-order chi connectivity index (χ0) is 13.6. The first-order valence-electron chi connectivity index (χ1n) is 5.54. The molecule has 0 spiro atoms. The van der Waals surface area contributed by atoms with E-state index >= 15 is 0 Å². The molecule has 0 radical (unpaired) electrons. The third-order valence-electron chi connectivity index (χ3n) is 2.96. The van der Waals surface area contributed by atoms with Crippen molar-refractivity contribution in [1.29, 1.82) is 0 Å². The number of nitrogens with two attached hydrogens (primary N) is 1. The number of nitrogen functional groups attached to an aromatic ring is 1. The zero-order valence-corrected chi connectivity index (χ0v) is 12.9. The summed E-state index contributed by atoms with van der Waals surface area (Å²) in [6.45, 7) is 1.91. The van der Waals surface area contributed by atoms with E-state index in [1.165, 1.54) is 17.4 Å². The molecule has 104 valence electrons. The van der Waals surface area contributed by atoms with E-state index in [1.54, 1.807) is 12.1 Å². The lowest BCUT2D eigenvalue weighted by atomic mass is 10.1. The highest BCUT2D eigenvalue weighted by molar-refractivity contribution is 8.93. The van der Waals surface area contributed by atoms with E-state index in [0.29, 0.717) is 5.13 Å². The Morgan fingerprint density at radius 3 is 2.80 bits per heavy atom. The van der Waals surface area contributed by atoms with E-state index in [1.807, 2.05) is 12.3 Å². The summed E-state index contributed by atoms with van der Waals surface area (Å²) < 4.78 is 0. The number of H-pyrrole nitrogens is 1. The number of rotatable bonds is 2. The molecule has 0 aliphatic carbocycles. The normalized spacial score (nSPS) is 10.4.